The third-order valence-corrected chi connectivity index (χ3v) is 6.11. The monoisotopic (exact) mass is 384 g/mol. The largest absolute Gasteiger partial charge is 0.466 e. The number of aliphatic imine (C=N–C) groups is 2. The lowest BCUT2D eigenvalue weighted by Crippen LogP contribution is -2.32. The maximum Gasteiger partial charge on any atom is 0.195 e. The number of fused-ring (bicyclic) bond motifs is 2. The Kier molecular flexibility index (Phi) is 4.28. The lowest BCUT2D eigenvalue weighted by Gasteiger charge is -2.31. The summed E-state index contributed by atoms with van der Waals surface area (Å²) in [5.41, 5.74) is 0.881. The van der Waals surface area contributed by atoms with Gasteiger partial charge >= 0.3 is 0 Å². The van der Waals surface area contributed by atoms with Gasteiger partial charge in [-0.25, -0.2) is 9.98 Å². The Balaban J connectivity index is 1.64. The van der Waals surface area contributed by atoms with E-state index in [1.807, 2.05) is 76.2 Å². The van der Waals surface area contributed by atoms with E-state index >= 15 is 0 Å². The normalized spacial score (nSPS) is 19.2. The van der Waals surface area contributed by atoms with Gasteiger partial charge in [-0.05, 0) is 73.5 Å². The van der Waals surface area contributed by atoms with Gasteiger partial charge in [0.2, 0.25) is 0 Å². The number of hydrogen-bond acceptors (Lipinski definition) is 6. The van der Waals surface area contributed by atoms with Crippen LogP contribution in [0.5, 0.6) is 11.5 Å². The van der Waals surface area contributed by atoms with Crippen LogP contribution in [0.4, 0.5) is 0 Å². The van der Waals surface area contributed by atoms with Crippen LogP contribution in [0.2, 0.25) is 0 Å². The molecule has 2 aromatic rings. The number of ether oxygens (including phenoxy) is 2. The minimum Gasteiger partial charge on any atom is -0.466 e. The zero-order valence-electron chi connectivity index (χ0n) is 15.1. The highest BCUT2D eigenvalue weighted by atomic mass is 33.1. The van der Waals surface area contributed by atoms with Gasteiger partial charge in [0.1, 0.15) is 21.6 Å². The number of para-hydroxylation sites is 2. The van der Waals surface area contributed by atoms with Crippen LogP contribution in [0.15, 0.2) is 58.5 Å². The first-order chi connectivity index (χ1) is 12.3. The summed E-state index contributed by atoms with van der Waals surface area (Å²) in [5.74, 6) is 1.73. The molecule has 134 valence electrons. The van der Waals surface area contributed by atoms with Crippen LogP contribution in [-0.2, 0) is 0 Å². The van der Waals surface area contributed by atoms with Crippen LogP contribution in [-0.4, -0.2) is 21.5 Å². The number of nitrogens with zero attached hydrogens (tertiary/aromatic N) is 2. The van der Waals surface area contributed by atoms with E-state index in [4.69, 9.17) is 19.5 Å². The fourth-order valence-corrected chi connectivity index (χ4v) is 5.29. The predicted octanol–water partition coefficient (Wildman–Crippen LogP) is 5.52. The molecule has 2 heterocycles. The zero-order chi connectivity index (χ0) is 18.4. The highest BCUT2D eigenvalue weighted by molar-refractivity contribution is 8.87. The third kappa shape index (κ3) is 3.48. The standard InChI is InChI=1S/C20H20N2O2S2/c1-19(2)21-17(13-9-5-7-11-15(13)23-19)25-26-18-14-10-6-8-12-16(14)24-20(3,4)22-18/h5-12H,1-4H3. The van der Waals surface area contributed by atoms with Crippen molar-refractivity contribution >= 4 is 31.7 Å². The average Bonchev–Trinajstić information content (AvgIpc) is 2.57. The SMILES string of the molecule is CC1(C)N=C(SSC2=NC(C)(C)Oc3ccccc32)c2ccccc2O1. The van der Waals surface area contributed by atoms with Crippen LogP contribution in [0.25, 0.3) is 0 Å². The van der Waals surface area contributed by atoms with E-state index in [1.165, 1.54) is 0 Å². The molecule has 2 aliphatic heterocycles. The lowest BCUT2D eigenvalue weighted by molar-refractivity contribution is 0.115. The quantitative estimate of drug-likeness (QED) is 0.561. The molecule has 0 N–H and O–H groups in total. The van der Waals surface area contributed by atoms with Gasteiger partial charge in [0.25, 0.3) is 0 Å². The molecule has 4 rings (SSSR count). The second-order valence-corrected chi connectivity index (χ2v) is 9.20. The van der Waals surface area contributed by atoms with Gasteiger partial charge in [-0.2, -0.15) is 0 Å². The molecular weight excluding hydrogens is 364 g/mol. The first kappa shape index (κ1) is 17.5. The van der Waals surface area contributed by atoms with E-state index in [9.17, 15) is 0 Å². The van der Waals surface area contributed by atoms with Crippen molar-refractivity contribution in [3.05, 3.63) is 59.7 Å². The van der Waals surface area contributed by atoms with Crippen molar-refractivity contribution in [2.75, 3.05) is 0 Å². The number of hydrogen-bond donors (Lipinski definition) is 0. The van der Waals surface area contributed by atoms with Gasteiger partial charge in [0, 0.05) is 11.1 Å². The summed E-state index contributed by atoms with van der Waals surface area (Å²) in [7, 11) is 3.23. The van der Waals surface area contributed by atoms with Gasteiger partial charge in [-0.3, -0.25) is 0 Å². The van der Waals surface area contributed by atoms with Gasteiger partial charge in [0.15, 0.2) is 11.4 Å². The van der Waals surface area contributed by atoms with Gasteiger partial charge < -0.3 is 9.47 Å². The summed E-state index contributed by atoms with van der Waals surface area (Å²) in [4.78, 5) is 9.57. The molecule has 0 spiro atoms. The topological polar surface area (TPSA) is 43.2 Å². The number of rotatable bonds is 0. The van der Waals surface area contributed by atoms with Crippen molar-refractivity contribution in [2.45, 2.75) is 39.1 Å². The van der Waals surface area contributed by atoms with E-state index in [0.717, 1.165) is 32.7 Å². The molecule has 26 heavy (non-hydrogen) atoms. The summed E-state index contributed by atoms with van der Waals surface area (Å²) in [6, 6.07) is 16.0. The molecular formula is C20H20N2O2S2. The second kappa shape index (κ2) is 6.35. The zero-order valence-corrected chi connectivity index (χ0v) is 16.8. The summed E-state index contributed by atoms with van der Waals surface area (Å²) in [6.07, 6.45) is 0. The van der Waals surface area contributed by atoms with Crippen molar-refractivity contribution in [1.29, 1.82) is 0 Å². The molecule has 0 bridgehead atoms. The van der Waals surface area contributed by atoms with Crippen LogP contribution >= 0.6 is 21.6 Å². The maximum atomic E-state index is 5.97. The van der Waals surface area contributed by atoms with E-state index in [1.54, 1.807) is 21.6 Å². The van der Waals surface area contributed by atoms with Gasteiger partial charge in [0.05, 0.1) is 0 Å². The second-order valence-electron chi connectivity index (χ2n) is 7.09. The maximum absolute atomic E-state index is 5.97. The fraction of sp³-hybridized carbons (Fsp3) is 0.300. The van der Waals surface area contributed by atoms with E-state index in [-0.39, 0.29) is 0 Å². The summed E-state index contributed by atoms with van der Waals surface area (Å²) >= 11 is 0. The van der Waals surface area contributed by atoms with E-state index < -0.39 is 11.4 Å². The van der Waals surface area contributed by atoms with E-state index in [2.05, 4.69) is 0 Å². The lowest BCUT2D eigenvalue weighted by atomic mass is 10.1. The Morgan fingerprint density at radius 1 is 0.654 bits per heavy atom. The molecule has 2 aliphatic rings. The third-order valence-electron chi connectivity index (χ3n) is 3.90. The molecule has 0 aliphatic carbocycles. The minimum atomic E-state index is -0.577. The van der Waals surface area contributed by atoms with Gasteiger partial charge in [-0.1, -0.05) is 24.3 Å². The highest BCUT2D eigenvalue weighted by Crippen LogP contribution is 2.42. The van der Waals surface area contributed by atoms with Crippen LogP contribution in [0.1, 0.15) is 38.8 Å². The Morgan fingerprint density at radius 2 is 1.04 bits per heavy atom. The smallest absolute Gasteiger partial charge is 0.195 e. The van der Waals surface area contributed by atoms with Crippen LogP contribution in [0, 0.1) is 0 Å². The summed E-state index contributed by atoms with van der Waals surface area (Å²) in [6.45, 7) is 7.88. The fourth-order valence-electron chi connectivity index (χ4n) is 2.86. The van der Waals surface area contributed by atoms with Crippen molar-refractivity contribution in [3.8, 4) is 11.5 Å². The van der Waals surface area contributed by atoms with Crippen LogP contribution < -0.4 is 9.47 Å². The molecule has 4 nitrogen and oxygen atoms in total. The molecule has 0 saturated carbocycles. The van der Waals surface area contributed by atoms with Crippen molar-refractivity contribution < 1.29 is 9.47 Å². The molecule has 0 saturated heterocycles. The Labute approximate surface area is 161 Å². The Bertz CT molecular complexity index is 844. The van der Waals surface area contributed by atoms with Crippen molar-refractivity contribution in [3.63, 3.8) is 0 Å². The molecule has 2 aromatic carbocycles. The molecule has 0 atom stereocenters. The first-order valence-electron chi connectivity index (χ1n) is 8.44. The summed E-state index contributed by atoms with van der Waals surface area (Å²) in [5, 5.41) is 1.90. The first-order valence-corrected chi connectivity index (χ1v) is 10.6. The van der Waals surface area contributed by atoms with E-state index in [0.29, 0.717) is 0 Å². The van der Waals surface area contributed by atoms with Crippen LogP contribution in [0.3, 0.4) is 0 Å². The molecule has 0 fully saturated rings. The van der Waals surface area contributed by atoms with Gasteiger partial charge in [-0.15, -0.1) is 0 Å². The Hall–Kier alpha value is -1.92. The molecule has 0 unspecified atom stereocenters. The highest BCUT2D eigenvalue weighted by Gasteiger charge is 2.31. The summed E-state index contributed by atoms with van der Waals surface area (Å²) < 4.78 is 11.9. The Morgan fingerprint density at radius 3 is 1.46 bits per heavy atom. The van der Waals surface area contributed by atoms with Crippen molar-refractivity contribution in [2.24, 2.45) is 9.98 Å². The minimum absolute atomic E-state index is 0.577. The molecule has 0 aromatic heterocycles. The molecule has 0 radical (unpaired) electrons. The van der Waals surface area contributed by atoms with Crippen molar-refractivity contribution in [1.82, 2.24) is 0 Å². The molecule has 6 heteroatoms. The number of benzene rings is 2. The molecule has 0 amide bonds. The predicted molar refractivity (Wildman–Crippen MR) is 111 cm³/mol. The average molecular weight is 385 g/mol.